The molecule has 3 heterocycles. The summed E-state index contributed by atoms with van der Waals surface area (Å²) in [4.78, 5) is 8.61. The van der Waals surface area contributed by atoms with Gasteiger partial charge < -0.3 is 9.84 Å². The normalized spacial score (nSPS) is 19.9. The van der Waals surface area contributed by atoms with Gasteiger partial charge in [0.1, 0.15) is 5.69 Å². The Morgan fingerprint density at radius 3 is 3.17 bits per heavy atom. The van der Waals surface area contributed by atoms with E-state index in [0.717, 1.165) is 31.0 Å². The van der Waals surface area contributed by atoms with Gasteiger partial charge >= 0.3 is 0 Å². The number of hydrogen-bond acceptors (Lipinski definition) is 5. The zero-order valence-corrected chi connectivity index (χ0v) is 10.2. The van der Waals surface area contributed by atoms with Gasteiger partial charge in [-0.3, -0.25) is 4.98 Å². The van der Waals surface area contributed by atoms with Crippen LogP contribution in [0.3, 0.4) is 0 Å². The summed E-state index contributed by atoms with van der Waals surface area (Å²) in [6.07, 6.45) is 5.07. The number of aromatic nitrogens is 3. The van der Waals surface area contributed by atoms with E-state index in [0.29, 0.717) is 11.8 Å². The van der Waals surface area contributed by atoms with Gasteiger partial charge in [-0.05, 0) is 44.0 Å². The summed E-state index contributed by atoms with van der Waals surface area (Å²) in [5, 5.41) is 7.43. The Balaban J connectivity index is 1.69. The predicted molar refractivity (Wildman–Crippen MR) is 66.8 cm³/mol. The number of pyridine rings is 1. The lowest BCUT2D eigenvalue weighted by Gasteiger charge is -2.20. The molecule has 0 aliphatic carbocycles. The minimum atomic E-state index is 0.509. The zero-order chi connectivity index (χ0) is 12.2. The number of rotatable bonds is 3. The largest absolute Gasteiger partial charge is 0.332 e. The van der Waals surface area contributed by atoms with Gasteiger partial charge in [-0.15, -0.1) is 0 Å². The van der Waals surface area contributed by atoms with Crippen LogP contribution in [0.15, 0.2) is 28.9 Å². The van der Waals surface area contributed by atoms with E-state index in [4.69, 9.17) is 4.52 Å². The fraction of sp³-hybridized carbons (Fsp3) is 0.462. The summed E-state index contributed by atoms with van der Waals surface area (Å²) in [5.41, 5.74) is 0.734. The van der Waals surface area contributed by atoms with Crippen LogP contribution in [-0.4, -0.2) is 28.2 Å². The van der Waals surface area contributed by atoms with Gasteiger partial charge in [0.15, 0.2) is 5.82 Å². The molecule has 1 atom stereocenters. The lowest BCUT2D eigenvalue weighted by atomic mass is 9.96. The lowest BCUT2D eigenvalue weighted by molar-refractivity contribution is 0.359. The molecule has 2 aromatic rings. The number of piperidine rings is 1. The minimum Gasteiger partial charge on any atom is -0.332 e. The van der Waals surface area contributed by atoms with Crippen LogP contribution in [0.4, 0.5) is 0 Å². The molecule has 2 aromatic heterocycles. The molecule has 0 aromatic carbocycles. The van der Waals surface area contributed by atoms with E-state index >= 15 is 0 Å². The highest BCUT2D eigenvalue weighted by molar-refractivity contribution is 5.45. The highest BCUT2D eigenvalue weighted by Crippen LogP contribution is 2.18. The van der Waals surface area contributed by atoms with E-state index in [1.165, 1.54) is 12.8 Å². The molecule has 5 heteroatoms. The number of hydrogen-bond donors (Lipinski definition) is 1. The summed E-state index contributed by atoms with van der Waals surface area (Å²) in [5.74, 6) is 1.91. The molecule has 0 saturated carbocycles. The second-order valence-electron chi connectivity index (χ2n) is 4.65. The molecule has 3 rings (SSSR count). The van der Waals surface area contributed by atoms with E-state index in [2.05, 4.69) is 20.4 Å². The van der Waals surface area contributed by atoms with Crippen molar-refractivity contribution >= 4 is 0 Å². The molecule has 0 unspecified atom stereocenters. The van der Waals surface area contributed by atoms with Gasteiger partial charge in [-0.1, -0.05) is 11.2 Å². The monoisotopic (exact) mass is 244 g/mol. The Kier molecular flexibility index (Phi) is 3.32. The van der Waals surface area contributed by atoms with Crippen molar-refractivity contribution in [2.45, 2.75) is 19.3 Å². The van der Waals surface area contributed by atoms with Crippen LogP contribution >= 0.6 is 0 Å². The molecular weight excluding hydrogens is 228 g/mol. The highest BCUT2D eigenvalue weighted by atomic mass is 16.5. The average molecular weight is 244 g/mol. The topological polar surface area (TPSA) is 63.8 Å². The van der Waals surface area contributed by atoms with Crippen molar-refractivity contribution in [1.29, 1.82) is 0 Å². The number of nitrogens with zero attached hydrogens (tertiary/aromatic N) is 3. The Morgan fingerprint density at radius 2 is 2.39 bits per heavy atom. The first-order valence-electron chi connectivity index (χ1n) is 6.36. The van der Waals surface area contributed by atoms with Gasteiger partial charge in [0.05, 0.1) is 0 Å². The third-order valence-electron chi connectivity index (χ3n) is 3.22. The molecule has 5 nitrogen and oxygen atoms in total. The Labute approximate surface area is 106 Å². The van der Waals surface area contributed by atoms with Gasteiger partial charge in [0.25, 0.3) is 5.89 Å². The maximum absolute atomic E-state index is 5.25. The van der Waals surface area contributed by atoms with Crippen LogP contribution in [0, 0.1) is 5.92 Å². The third-order valence-corrected chi connectivity index (χ3v) is 3.22. The summed E-state index contributed by atoms with van der Waals surface area (Å²) < 4.78 is 5.25. The first-order chi connectivity index (χ1) is 8.92. The van der Waals surface area contributed by atoms with Crippen molar-refractivity contribution in [1.82, 2.24) is 20.4 Å². The van der Waals surface area contributed by atoms with Crippen LogP contribution in [0.25, 0.3) is 11.6 Å². The predicted octanol–water partition coefficient (Wildman–Crippen LogP) is 1.67. The van der Waals surface area contributed by atoms with Gasteiger partial charge in [-0.2, -0.15) is 4.98 Å². The molecule has 0 amide bonds. The molecule has 0 bridgehead atoms. The molecule has 1 N–H and O–H groups in total. The van der Waals surface area contributed by atoms with Crippen molar-refractivity contribution in [3.8, 4) is 11.6 Å². The summed E-state index contributed by atoms with van der Waals surface area (Å²) in [6, 6.07) is 5.66. The maximum Gasteiger partial charge on any atom is 0.276 e. The molecular formula is C13H16N4O. The smallest absolute Gasteiger partial charge is 0.276 e. The molecule has 1 fully saturated rings. The van der Waals surface area contributed by atoms with Crippen molar-refractivity contribution in [3.05, 3.63) is 30.2 Å². The Bertz CT molecular complexity index is 491. The maximum atomic E-state index is 5.25. The molecule has 0 spiro atoms. The molecule has 18 heavy (non-hydrogen) atoms. The molecule has 94 valence electrons. The first-order valence-corrected chi connectivity index (χ1v) is 6.36. The Hall–Kier alpha value is -1.75. The van der Waals surface area contributed by atoms with E-state index in [-0.39, 0.29) is 0 Å². The minimum absolute atomic E-state index is 0.509. The van der Waals surface area contributed by atoms with Gasteiger partial charge in [0.2, 0.25) is 0 Å². The van der Waals surface area contributed by atoms with Gasteiger partial charge in [0, 0.05) is 12.6 Å². The first kappa shape index (κ1) is 11.3. The summed E-state index contributed by atoms with van der Waals surface area (Å²) in [6.45, 7) is 2.18. The summed E-state index contributed by atoms with van der Waals surface area (Å²) >= 11 is 0. The molecule has 0 radical (unpaired) electrons. The van der Waals surface area contributed by atoms with Crippen LogP contribution in [-0.2, 0) is 6.42 Å². The third kappa shape index (κ3) is 2.56. The van der Waals surface area contributed by atoms with E-state index in [9.17, 15) is 0 Å². The van der Waals surface area contributed by atoms with Crippen LogP contribution in [0.1, 0.15) is 18.7 Å². The highest BCUT2D eigenvalue weighted by Gasteiger charge is 2.17. The SMILES string of the molecule is c1ccc(-c2nc(C[C@@H]3CCCNC3)no2)nc1. The number of nitrogens with one attached hydrogen (secondary N) is 1. The van der Waals surface area contributed by atoms with Crippen molar-refractivity contribution in [3.63, 3.8) is 0 Å². The van der Waals surface area contributed by atoms with Crippen LogP contribution in [0.5, 0.6) is 0 Å². The van der Waals surface area contributed by atoms with E-state index in [1.54, 1.807) is 6.20 Å². The van der Waals surface area contributed by atoms with Crippen molar-refractivity contribution < 1.29 is 4.52 Å². The van der Waals surface area contributed by atoms with Gasteiger partial charge in [-0.25, -0.2) is 0 Å². The molecule has 1 aliphatic rings. The molecule has 1 aliphatic heterocycles. The standard InChI is InChI=1S/C13H16N4O/c1-2-7-15-11(5-1)13-16-12(17-18-13)8-10-4-3-6-14-9-10/h1-2,5,7,10,14H,3-4,6,8-9H2/t10-/m0/s1. The van der Waals surface area contributed by atoms with Crippen LogP contribution < -0.4 is 5.32 Å². The molecule has 1 saturated heterocycles. The van der Waals surface area contributed by atoms with Crippen LogP contribution in [0.2, 0.25) is 0 Å². The summed E-state index contributed by atoms with van der Waals surface area (Å²) in [7, 11) is 0. The fourth-order valence-electron chi connectivity index (χ4n) is 2.29. The quantitative estimate of drug-likeness (QED) is 0.889. The second-order valence-corrected chi connectivity index (χ2v) is 4.65. The van der Waals surface area contributed by atoms with E-state index in [1.807, 2.05) is 18.2 Å². The lowest BCUT2D eigenvalue weighted by Crippen LogP contribution is -2.31. The fourth-order valence-corrected chi connectivity index (χ4v) is 2.29. The van der Waals surface area contributed by atoms with Crippen molar-refractivity contribution in [2.24, 2.45) is 5.92 Å². The second kappa shape index (κ2) is 5.27. The Morgan fingerprint density at radius 1 is 1.39 bits per heavy atom. The zero-order valence-electron chi connectivity index (χ0n) is 10.2. The average Bonchev–Trinajstić information content (AvgIpc) is 2.89. The van der Waals surface area contributed by atoms with E-state index < -0.39 is 0 Å². The van der Waals surface area contributed by atoms with Crippen molar-refractivity contribution in [2.75, 3.05) is 13.1 Å².